The number of unbranched alkanes of at least 4 members (excludes halogenated alkanes) is 6. The monoisotopic (exact) mass is 488 g/mol. The number of hydrogen-bond donors (Lipinski definition) is 1. The van der Waals surface area contributed by atoms with Gasteiger partial charge >= 0.3 is 0 Å². The van der Waals surface area contributed by atoms with E-state index < -0.39 is 10.1 Å². The van der Waals surface area contributed by atoms with Gasteiger partial charge in [0.1, 0.15) is 0 Å². The van der Waals surface area contributed by atoms with Crippen LogP contribution in [-0.4, -0.2) is 36.8 Å². The minimum atomic E-state index is -3.67. The van der Waals surface area contributed by atoms with E-state index in [2.05, 4.69) is 60.1 Å². The molecule has 1 heterocycles. The molecule has 0 atom stereocenters. The molecule has 1 aromatic carbocycles. The standard InChI is InChI=1S/C25H36N2.C3H8O3S/c1-3-5-7-9-21-27(22-10-8-6-4-2)25-15-13-23(14-16-25)11-12-24-17-19-26-20-18-24;1-2-3-7(4,5)6/h11-20H,3-10,21-22H2,1-2H3;2-3H2,1H3,(H,4,5,6). The van der Waals surface area contributed by atoms with Gasteiger partial charge in [0.05, 0.1) is 5.75 Å². The topological polar surface area (TPSA) is 70.5 Å². The summed E-state index contributed by atoms with van der Waals surface area (Å²) in [6.07, 6.45) is 19.0. The van der Waals surface area contributed by atoms with Crippen molar-refractivity contribution in [2.45, 2.75) is 78.6 Å². The third kappa shape index (κ3) is 14.9. The van der Waals surface area contributed by atoms with E-state index in [0.29, 0.717) is 6.42 Å². The Balaban J connectivity index is 0.000000718. The first-order valence-electron chi connectivity index (χ1n) is 12.8. The molecule has 0 saturated heterocycles. The highest BCUT2D eigenvalue weighted by molar-refractivity contribution is 7.85. The number of pyridine rings is 1. The van der Waals surface area contributed by atoms with Gasteiger partial charge in [-0.1, -0.05) is 83.6 Å². The first kappa shape index (κ1) is 29.9. The molecule has 0 unspecified atom stereocenters. The van der Waals surface area contributed by atoms with Crippen LogP contribution in [0.1, 0.15) is 89.7 Å². The average Bonchev–Trinajstić information content (AvgIpc) is 2.82. The van der Waals surface area contributed by atoms with E-state index in [0.717, 1.165) is 0 Å². The number of aromatic nitrogens is 1. The Labute approximate surface area is 208 Å². The van der Waals surface area contributed by atoms with Crippen molar-refractivity contribution in [1.82, 2.24) is 4.98 Å². The molecule has 0 amide bonds. The third-order valence-corrected chi connectivity index (χ3v) is 6.38. The van der Waals surface area contributed by atoms with Crippen molar-refractivity contribution >= 4 is 28.0 Å². The van der Waals surface area contributed by atoms with Crippen LogP contribution in [0.4, 0.5) is 5.69 Å². The maximum atomic E-state index is 9.79. The third-order valence-electron chi connectivity index (χ3n) is 5.46. The minimum absolute atomic E-state index is 0.132. The van der Waals surface area contributed by atoms with Gasteiger partial charge in [0.25, 0.3) is 10.1 Å². The van der Waals surface area contributed by atoms with Crippen LogP contribution in [0.3, 0.4) is 0 Å². The Hall–Kier alpha value is -2.18. The van der Waals surface area contributed by atoms with E-state index in [1.165, 1.54) is 81.3 Å². The maximum Gasteiger partial charge on any atom is 0.264 e. The molecule has 0 aliphatic rings. The number of rotatable bonds is 15. The first-order valence-corrected chi connectivity index (χ1v) is 14.4. The quantitative estimate of drug-likeness (QED) is 0.207. The predicted molar refractivity (Wildman–Crippen MR) is 147 cm³/mol. The van der Waals surface area contributed by atoms with Crippen LogP contribution in [0.2, 0.25) is 0 Å². The predicted octanol–water partition coefficient (Wildman–Crippen LogP) is 7.50. The van der Waals surface area contributed by atoms with Crippen LogP contribution in [0.15, 0.2) is 48.8 Å². The van der Waals surface area contributed by atoms with E-state index in [1.807, 2.05) is 24.5 Å². The Morgan fingerprint density at radius 3 is 1.65 bits per heavy atom. The second kappa shape index (κ2) is 18.2. The molecule has 1 aromatic heterocycles. The van der Waals surface area contributed by atoms with Gasteiger partial charge in [-0.3, -0.25) is 9.54 Å². The molecular formula is C28H44N2O3S. The van der Waals surface area contributed by atoms with Crippen LogP contribution in [0.5, 0.6) is 0 Å². The maximum absolute atomic E-state index is 9.79. The van der Waals surface area contributed by atoms with Crippen molar-refractivity contribution in [2.75, 3.05) is 23.7 Å². The molecule has 0 bridgehead atoms. The highest BCUT2D eigenvalue weighted by atomic mass is 32.2. The van der Waals surface area contributed by atoms with Crippen molar-refractivity contribution in [3.05, 3.63) is 59.9 Å². The van der Waals surface area contributed by atoms with Gasteiger partial charge in [-0.25, -0.2) is 0 Å². The molecule has 2 rings (SSSR count). The lowest BCUT2D eigenvalue weighted by molar-refractivity contribution is 0.482. The molecule has 0 saturated carbocycles. The number of hydrogen-bond acceptors (Lipinski definition) is 4. The lowest BCUT2D eigenvalue weighted by atomic mass is 10.1. The summed E-state index contributed by atoms with van der Waals surface area (Å²) in [5.41, 5.74) is 3.79. The molecule has 0 spiro atoms. The summed E-state index contributed by atoms with van der Waals surface area (Å²) in [5, 5.41) is 0. The number of benzene rings is 1. The van der Waals surface area contributed by atoms with Gasteiger partial charge in [-0.05, 0) is 54.7 Å². The van der Waals surface area contributed by atoms with Gasteiger partial charge in [-0.15, -0.1) is 0 Å². The van der Waals surface area contributed by atoms with Gasteiger partial charge in [0.15, 0.2) is 0 Å². The van der Waals surface area contributed by atoms with Crippen LogP contribution < -0.4 is 4.90 Å². The Bertz CT molecular complexity index is 870. The van der Waals surface area contributed by atoms with Crippen LogP contribution in [0, 0.1) is 0 Å². The first-order chi connectivity index (χ1) is 16.4. The molecule has 34 heavy (non-hydrogen) atoms. The summed E-state index contributed by atoms with van der Waals surface area (Å²) in [6, 6.07) is 13.1. The average molecular weight is 489 g/mol. The minimum Gasteiger partial charge on any atom is -0.372 e. The molecule has 5 nitrogen and oxygen atoms in total. The van der Waals surface area contributed by atoms with Crippen molar-refractivity contribution in [2.24, 2.45) is 0 Å². The zero-order chi connectivity index (χ0) is 25.1. The van der Waals surface area contributed by atoms with Crippen molar-refractivity contribution in [1.29, 1.82) is 0 Å². The Morgan fingerprint density at radius 2 is 1.24 bits per heavy atom. The van der Waals surface area contributed by atoms with Crippen LogP contribution >= 0.6 is 0 Å². The van der Waals surface area contributed by atoms with E-state index in [4.69, 9.17) is 4.55 Å². The van der Waals surface area contributed by atoms with Crippen LogP contribution in [-0.2, 0) is 10.1 Å². The Kier molecular flexibility index (Phi) is 16.0. The number of anilines is 1. The summed E-state index contributed by atoms with van der Waals surface area (Å²) < 4.78 is 27.6. The van der Waals surface area contributed by atoms with Crippen molar-refractivity contribution in [3.8, 4) is 0 Å². The summed E-state index contributed by atoms with van der Waals surface area (Å²) in [7, 11) is -3.67. The molecule has 0 fully saturated rings. The SMILES string of the molecule is CCCCCCN(CCCCCC)c1ccc(C=Cc2ccncc2)cc1.CCCS(=O)(=O)O. The second-order valence-corrected chi connectivity index (χ2v) is 10.2. The zero-order valence-electron chi connectivity index (χ0n) is 21.3. The normalized spacial score (nSPS) is 11.3. The van der Waals surface area contributed by atoms with Gasteiger partial charge in [-0.2, -0.15) is 8.42 Å². The van der Waals surface area contributed by atoms with Gasteiger partial charge < -0.3 is 4.90 Å². The Morgan fingerprint density at radius 1 is 0.735 bits per heavy atom. The molecule has 0 radical (unpaired) electrons. The smallest absolute Gasteiger partial charge is 0.264 e. The largest absolute Gasteiger partial charge is 0.372 e. The van der Waals surface area contributed by atoms with Crippen LogP contribution in [0.25, 0.3) is 12.2 Å². The number of nitrogens with zero attached hydrogens (tertiary/aromatic N) is 2. The van der Waals surface area contributed by atoms with E-state index >= 15 is 0 Å². The molecule has 1 N–H and O–H groups in total. The fraction of sp³-hybridized carbons (Fsp3) is 0.536. The summed E-state index contributed by atoms with van der Waals surface area (Å²) >= 11 is 0. The molecule has 0 aliphatic heterocycles. The molecule has 190 valence electrons. The molecule has 6 heteroatoms. The van der Waals surface area contributed by atoms with E-state index in [9.17, 15) is 8.42 Å². The van der Waals surface area contributed by atoms with Gasteiger partial charge in [0.2, 0.25) is 0 Å². The summed E-state index contributed by atoms with van der Waals surface area (Å²) in [4.78, 5) is 6.65. The summed E-state index contributed by atoms with van der Waals surface area (Å²) in [5.74, 6) is -0.132. The summed E-state index contributed by atoms with van der Waals surface area (Å²) in [6.45, 7) is 8.60. The molecule has 0 aliphatic carbocycles. The lowest BCUT2D eigenvalue weighted by Crippen LogP contribution is -2.25. The van der Waals surface area contributed by atoms with Crippen molar-refractivity contribution < 1.29 is 13.0 Å². The van der Waals surface area contributed by atoms with E-state index in [-0.39, 0.29) is 5.75 Å². The second-order valence-electron chi connectivity index (χ2n) is 8.60. The fourth-order valence-corrected chi connectivity index (χ4v) is 4.07. The zero-order valence-corrected chi connectivity index (χ0v) is 22.1. The highest BCUT2D eigenvalue weighted by Gasteiger charge is 2.06. The van der Waals surface area contributed by atoms with Gasteiger partial charge in [0, 0.05) is 31.2 Å². The molecule has 2 aromatic rings. The highest BCUT2D eigenvalue weighted by Crippen LogP contribution is 2.19. The molecular weight excluding hydrogens is 444 g/mol. The van der Waals surface area contributed by atoms with Crippen molar-refractivity contribution in [3.63, 3.8) is 0 Å². The lowest BCUT2D eigenvalue weighted by Gasteiger charge is -2.25. The fourth-order valence-electron chi connectivity index (χ4n) is 3.55. The van der Waals surface area contributed by atoms with E-state index in [1.54, 1.807) is 6.92 Å².